The van der Waals surface area contributed by atoms with E-state index in [-0.39, 0.29) is 13.0 Å². The van der Waals surface area contributed by atoms with E-state index in [9.17, 15) is 13.2 Å². The third-order valence-corrected chi connectivity index (χ3v) is 3.35. The van der Waals surface area contributed by atoms with Crippen molar-refractivity contribution in [2.75, 3.05) is 20.0 Å². The van der Waals surface area contributed by atoms with Gasteiger partial charge in [0.1, 0.15) is 11.9 Å². The predicted octanol–water partition coefficient (Wildman–Crippen LogP) is 1.27. The van der Waals surface area contributed by atoms with Gasteiger partial charge in [0.25, 0.3) is 10.1 Å². The fourth-order valence-electron chi connectivity index (χ4n) is 1.90. The van der Waals surface area contributed by atoms with Gasteiger partial charge in [0.05, 0.1) is 25.5 Å². The lowest BCUT2D eigenvalue weighted by atomic mass is 10.0. The maximum Gasteiger partial charge on any atom is 0.339 e. The van der Waals surface area contributed by atoms with Crippen molar-refractivity contribution in [1.29, 1.82) is 0 Å². The van der Waals surface area contributed by atoms with Crippen LogP contribution in [0, 0.1) is 0 Å². The summed E-state index contributed by atoms with van der Waals surface area (Å²) < 4.78 is 36.6. The van der Waals surface area contributed by atoms with Gasteiger partial charge < -0.3 is 9.47 Å². The summed E-state index contributed by atoms with van der Waals surface area (Å²) in [5.74, 6) is 0.202. The fourth-order valence-corrected chi connectivity index (χ4v) is 2.30. The van der Waals surface area contributed by atoms with Crippen LogP contribution in [0.1, 0.15) is 28.4 Å². The molecule has 1 aromatic carbocycles. The van der Waals surface area contributed by atoms with Crippen LogP contribution in [0.2, 0.25) is 0 Å². The molecule has 0 amide bonds. The molecule has 1 heterocycles. The van der Waals surface area contributed by atoms with E-state index in [0.29, 0.717) is 16.9 Å². The second-order valence-electron chi connectivity index (χ2n) is 4.16. The summed E-state index contributed by atoms with van der Waals surface area (Å²) >= 11 is 0. The van der Waals surface area contributed by atoms with Crippen LogP contribution in [0.3, 0.4) is 0 Å². The molecule has 0 fully saturated rings. The summed E-state index contributed by atoms with van der Waals surface area (Å²) in [4.78, 5) is 11.6. The minimum absolute atomic E-state index is 0.0343. The maximum absolute atomic E-state index is 11.6. The lowest BCUT2D eigenvalue weighted by Crippen LogP contribution is -2.08. The molecule has 7 heteroatoms. The van der Waals surface area contributed by atoms with Crippen molar-refractivity contribution >= 4 is 16.1 Å². The molecule has 6 nitrogen and oxygen atoms in total. The molecule has 104 valence electrons. The summed E-state index contributed by atoms with van der Waals surface area (Å²) in [5.41, 5.74) is 1.17. The Morgan fingerprint density at radius 2 is 2.11 bits per heavy atom. The van der Waals surface area contributed by atoms with Gasteiger partial charge in [-0.1, -0.05) is 0 Å². The smallest absolute Gasteiger partial charge is 0.339 e. The first kappa shape index (κ1) is 13.8. The van der Waals surface area contributed by atoms with Gasteiger partial charge >= 0.3 is 5.97 Å². The van der Waals surface area contributed by atoms with Gasteiger partial charge in [-0.3, -0.25) is 4.18 Å². The summed E-state index contributed by atoms with van der Waals surface area (Å²) in [5, 5.41) is 0. The topological polar surface area (TPSA) is 78.9 Å². The fraction of sp³-hybridized carbons (Fsp3) is 0.417. The average molecular weight is 286 g/mol. The van der Waals surface area contributed by atoms with Crippen molar-refractivity contribution in [2.45, 2.75) is 12.5 Å². The molecule has 0 N–H and O–H groups in total. The zero-order chi connectivity index (χ0) is 14.0. The molecule has 0 aliphatic carbocycles. The van der Waals surface area contributed by atoms with Crippen LogP contribution in [-0.2, 0) is 19.0 Å². The first-order valence-corrected chi connectivity index (χ1v) is 7.45. The van der Waals surface area contributed by atoms with E-state index in [1.165, 1.54) is 7.11 Å². The number of methoxy groups -OCH3 is 1. The number of benzene rings is 1. The molecule has 19 heavy (non-hydrogen) atoms. The second-order valence-corrected chi connectivity index (χ2v) is 5.81. The Kier molecular flexibility index (Phi) is 3.77. The third kappa shape index (κ3) is 3.24. The van der Waals surface area contributed by atoms with Gasteiger partial charge in [-0.15, -0.1) is 0 Å². The lowest BCUT2D eigenvalue weighted by molar-refractivity contribution is 0.0342. The molecule has 1 aliphatic heterocycles. The highest BCUT2D eigenvalue weighted by Gasteiger charge is 2.31. The number of cyclic esters (lactones) is 1. The maximum atomic E-state index is 11.6. The highest BCUT2D eigenvalue weighted by atomic mass is 32.2. The van der Waals surface area contributed by atoms with E-state index in [1.54, 1.807) is 18.2 Å². The zero-order valence-electron chi connectivity index (χ0n) is 10.6. The Bertz CT molecular complexity index is 592. The molecule has 0 spiro atoms. The molecule has 0 saturated heterocycles. The summed E-state index contributed by atoms with van der Waals surface area (Å²) in [6.07, 6.45) is 0.753. The van der Waals surface area contributed by atoms with Crippen LogP contribution in [-0.4, -0.2) is 34.4 Å². The number of carbonyl (C=O) groups excluding carboxylic acids is 1. The van der Waals surface area contributed by atoms with E-state index in [1.807, 2.05) is 0 Å². The van der Waals surface area contributed by atoms with Crippen molar-refractivity contribution < 1.29 is 26.9 Å². The number of ether oxygens (including phenoxy) is 2. The Morgan fingerprint density at radius 1 is 1.37 bits per heavy atom. The summed E-state index contributed by atoms with van der Waals surface area (Å²) in [7, 11) is -1.96. The first-order chi connectivity index (χ1) is 8.90. The Morgan fingerprint density at radius 3 is 2.74 bits per heavy atom. The number of hydrogen-bond acceptors (Lipinski definition) is 6. The van der Waals surface area contributed by atoms with Crippen LogP contribution < -0.4 is 4.74 Å². The molecule has 0 saturated carbocycles. The monoisotopic (exact) mass is 286 g/mol. The van der Waals surface area contributed by atoms with E-state index in [4.69, 9.17) is 9.47 Å². The predicted molar refractivity (Wildman–Crippen MR) is 66.6 cm³/mol. The molecule has 1 unspecified atom stereocenters. The summed E-state index contributed by atoms with van der Waals surface area (Å²) in [6, 6.07) is 5.02. The van der Waals surface area contributed by atoms with Crippen molar-refractivity contribution in [1.82, 2.24) is 0 Å². The van der Waals surface area contributed by atoms with Crippen molar-refractivity contribution in [3.05, 3.63) is 29.3 Å². The quantitative estimate of drug-likeness (QED) is 0.599. The molecule has 1 aliphatic rings. The minimum atomic E-state index is -3.48. The minimum Gasteiger partial charge on any atom is -0.497 e. The molecule has 0 radical (unpaired) electrons. The molecular weight excluding hydrogens is 272 g/mol. The van der Waals surface area contributed by atoms with Crippen LogP contribution >= 0.6 is 0 Å². The Hall–Kier alpha value is -1.60. The van der Waals surface area contributed by atoms with Crippen molar-refractivity contribution in [3.8, 4) is 5.75 Å². The second kappa shape index (κ2) is 5.18. The normalized spacial score (nSPS) is 18.0. The SMILES string of the molecule is COc1ccc2c(c1)C(CCOS(C)(=O)=O)OC2=O. The van der Waals surface area contributed by atoms with Crippen LogP contribution in [0.5, 0.6) is 5.75 Å². The molecular formula is C12H14O6S. The number of esters is 1. The molecule has 0 bridgehead atoms. The Balaban J connectivity index is 2.12. The zero-order valence-corrected chi connectivity index (χ0v) is 11.4. The largest absolute Gasteiger partial charge is 0.497 e. The van der Waals surface area contributed by atoms with Gasteiger partial charge in [-0.2, -0.15) is 8.42 Å². The molecule has 1 atom stereocenters. The highest BCUT2D eigenvalue weighted by molar-refractivity contribution is 7.85. The van der Waals surface area contributed by atoms with E-state index in [0.717, 1.165) is 6.26 Å². The van der Waals surface area contributed by atoms with Gasteiger partial charge in [0.15, 0.2) is 0 Å². The van der Waals surface area contributed by atoms with Gasteiger partial charge in [0, 0.05) is 12.0 Å². The lowest BCUT2D eigenvalue weighted by Gasteiger charge is -2.10. The number of fused-ring (bicyclic) bond motifs is 1. The van der Waals surface area contributed by atoms with E-state index < -0.39 is 22.2 Å². The van der Waals surface area contributed by atoms with Crippen LogP contribution in [0.15, 0.2) is 18.2 Å². The molecule has 2 rings (SSSR count). The number of rotatable bonds is 5. The first-order valence-electron chi connectivity index (χ1n) is 5.64. The van der Waals surface area contributed by atoms with Crippen LogP contribution in [0.25, 0.3) is 0 Å². The van der Waals surface area contributed by atoms with Crippen LogP contribution in [0.4, 0.5) is 0 Å². The van der Waals surface area contributed by atoms with E-state index >= 15 is 0 Å². The van der Waals surface area contributed by atoms with Gasteiger partial charge in [-0.05, 0) is 18.2 Å². The van der Waals surface area contributed by atoms with Gasteiger partial charge in [-0.25, -0.2) is 4.79 Å². The summed E-state index contributed by atoms with van der Waals surface area (Å²) in [6.45, 7) is -0.0343. The van der Waals surface area contributed by atoms with E-state index in [2.05, 4.69) is 4.18 Å². The highest BCUT2D eigenvalue weighted by Crippen LogP contribution is 2.35. The molecule has 1 aromatic rings. The average Bonchev–Trinajstić information content (AvgIpc) is 2.64. The molecule has 0 aromatic heterocycles. The van der Waals surface area contributed by atoms with Gasteiger partial charge in [0.2, 0.25) is 0 Å². The Labute approximate surface area is 111 Å². The van der Waals surface area contributed by atoms with Crippen molar-refractivity contribution in [2.24, 2.45) is 0 Å². The van der Waals surface area contributed by atoms with Crippen molar-refractivity contribution in [3.63, 3.8) is 0 Å². The number of carbonyl (C=O) groups is 1. The number of hydrogen-bond donors (Lipinski definition) is 0. The standard InChI is InChI=1S/C12H14O6S/c1-16-8-3-4-9-10(7-8)11(18-12(9)13)5-6-17-19(2,14)15/h3-4,7,11H,5-6H2,1-2H3. The third-order valence-electron chi connectivity index (χ3n) is 2.75.